The van der Waals surface area contributed by atoms with Crippen molar-refractivity contribution in [2.24, 2.45) is 17.1 Å². The van der Waals surface area contributed by atoms with Crippen molar-refractivity contribution < 1.29 is 9.53 Å². The summed E-state index contributed by atoms with van der Waals surface area (Å²) < 4.78 is 4.84. The third-order valence-electron chi connectivity index (χ3n) is 3.95. The summed E-state index contributed by atoms with van der Waals surface area (Å²) in [4.78, 5) is 11.7. The average Bonchev–Trinajstić information content (AvgIpc) is 2.55. The molecule has 1 aliphatic rings. The lowest BCUT2D eigenvalue weighted by Crippen LogP contribution is -2.48. The molecule has 0 radical (unpaired) electrons. The molecule has 0 aromatic heterocycles. The van der Waals surface area contributed by atoms with E-state index in [-0.39, 0.29) is 12.0 Å². The van der Waals surface area contributed by atoms with Crippen LogP contribution >= 0.6 is 0 Å². The van der Waals surface area contributed by atoms with Crippen molar-refractivity contribution in [1.82, 2.24) is 0 Å². The highest BCUT2D eigenvalue weighted by molar-refractivity contribution is 5.76. The molecule has 1 saturated carbocycles. The second kappa shape index (κ2) is 5.67. The van der Waals surface area contributed by atoms with Crippen molar-refractivity contribution in [2.45, 2.75) is 58.4 Å². The van der Waals surface area contributed by atoms with Gasteiger partial charge in [-0.1, -0.05) is 25.7 Å². The van der Waals surface area contributed by atoms with Crippen LogP contribution in [-0.4, -0.2) is 19.1 Å². The van der Waals surface area contributed by atoms with E-state index in [9.17, 15) is 4.79 Å². The minimum atomic E-state index is -0.566. The quantitative estimate of drug-likeness (QED) is 0.595. The number of esters is 1. The Morgan fingerprint density at radius 3 is 2.19 bits per heavy atom. The zero-order chi connectivity index (χ0) is 12.2. The molecule has 1 fully saturated rings. The van der Waals surface area contributed by atoms with Crippen LogP contribution < -0.4 is 5.73 Å². The van der Waals surface area contributed by atoms with E-state index in [4.69, 9.17) is 10.5 Å². The van der Waals surface area contributed by atoms with Gasteiger partial charge in [0.05, 0.1) is 12.5 Å². The van der Waals surface area contributed by atoms with E-state index in [2.05, 4.69) is 0 Å². The van der Waals surface area contributed by atoms with E-state index in [1.54, 1.807) is 0 Å². The summed E-state index contributed by atoms with van der Waals surface area (Å²) in [7, 11) is 1.43. The monoisotopic (exact) mass is 227 g/mol. The van der Waals surface area contributed by atoms with Gasteiger partial charge in [0.25, 0.3) is 0 Å². The normalized spacial score (nSPS) is 21.2. The number of carbonyl (C=O) groups excluding carboxylic acids is 1. The van der Waals surface area contributed by atoms with Crippen molar-refractivity contribution in [2.75, 3.05) is 7.11 Å². The van der Waals surface area contributed by atoms with Crippen LogP contribution in [0.1, 0.15) is 52.4 Å². The molecule has 0 aromatic rings. The van der Waals surface area contributed by atoms with Crippen LogP contribution in [0.5, 0.6) is 0 Å². The number of methoxy groups -OCH3 is 1. The standard InChI is InChI=1S/C13H25NO2/c1-13(2,12(15)16-3)11(14)10-8-6-4-5-7-9-10/h10-11H,4-9,14H2,1-3H3. The Labute approximate surface area is 98.7 Å². The van der Waals surface area contributed by atoms with Gasteiger partial charge in [-0.15, -0.1) is 0 Å². The summed E-state index contributed by atoms with van der Waals surface area (Å²) in [5.41, 5.74) is 5.71. The molecule has 0 amide bonds. The van der Waals surface area contributed by atoms with E-state index in [1.807, 2.05) is 13.8 Å². The smallest absolute Gasteiger partial charge is 0.312 e. The van der Waals surface area contributed by atoms with Gasteiger partial charge >= 0.3 is 5.97 Å². The lowest BCUT2D eigenvalue weighted by Gasteiger charge is -2.34. The van der Waals surface area contributed by atoms with Crippen LogP contribution in [-0.2, 0) is 9.53 Å². The predicted octanol–water partition coefficient (Wildman–Crippen LogP) is 2.48. The van der Waals surface area contributed by atoms with E-state index in [1.165, 1.54) is 32.8 Å². The van der Waals surface area contributed by atoms with Crippen molar-refractivity contribution >= 4 is 5.97 Å². The Balaban J connectivity index is 2.66. The van der Waals surface area contributed by atoms with Crippen LogP contribution in [0.3, 0.4) is 0 Å². The molecule has 0 spiro atoms. The van der Waals surface area contributed by atoms with E-state index >= 15 is 0 Å². The minimum Gasteiger partial charge on any atom is -0.469 e. The Hall–Kier alpha value is -0.570. The van der Waals surface area contributed by atoms with Crippen molar-refractivity contribution in [1.29, 1.82) is 0 Å². The maximum absolute atomic E-state index is 11.7. The Bertz CT molecular complexity index is 230. The summed E-state index contributed by atoms with van der Waals surface area (Å²) >= 11 is 0. The molecular weight excluding hydrogens is 202 g/mol. The summed E-state index contributed by atoms with van der Waals surface area (Å²) in [6, 6.07) is -0.0851. The lowest BCUT2D eigenvalue weighted by atomic mass is 9.75. The molecule has 94 valence electrons. The zero-order valence-electron chi connectivity index (χ0n) is 10.8. The highest BCUT2D eigenvalue weighted by Crippen LogP contribution is 2.33. The van der Waals surface area contributed by atoms with Gasteiger partial charge in [0.15, 0.2) is 0 Å². The second-order valence-electron chi connectivity index (χ2n) is 5.49. The molecule has 0 aromatic carbocycles. The fraction of sp³-hybridized carbons (Fsp3) is 0.923. The zero-order valence-corrected chi connectivity index (χ0v) is 10.8. The third-order valence-corrected chi connectivity index (χ3v) is 3.95. The number of ether oxygens (including phenoxy) is 1. The minimum absolute atomic E-state index is 0.0851. The molecule has 3 heteroatoms. The number of hydrogen-bond acceptors (Lipinski definition) is 3. The first-order valence-electron chi connectivity index (χ1n) is 6.34. The summed E-state index contributed by atoms with van der Waals surface area (Å²) in [5, 5.41) is 0. The van der Waals surface area contributed by atoms with Gasteiger partial charge in [0, 0.05) is 6.04 Å². The van der Waals surface area contributed by atoms with Gasteiger partial charge < -0.3 is 10.5 Å². The molecule has 1 atom stereocenters. The number of nitrogens with two attached hydrogens (primary N) is 1. The molecule has 1 aliphatic carbocycles. The first-order chi connectivity index (χ1) is 7.50. The van der Waals surface area contributed by atoms with Gasteiger partial charge in [-0.05, 0) is 32.6 Å². The van der Waals surface area contributed by atoms with Gasteiger partial charge in [0.1, 0.15) is 0 Å². The molecule has 0 bridgehead atoms. The van der Waals surface area contributed by atoms with Crippen LogP contribution in [0, 0.1) is 11.3 Å². The molecule has 2 N–H and O–H groups in total. The average molecular weight is 227 g/mol. The van der Waals surface area contributed by atoms with Crippen LogP contribution in [0.25, 0.3) is 0 Å². The van der Waals surface area contributed by atoms with E-state index in [0.717, 1.165) is 12.8 Å². The maximum Gasteiger partial charge on any atom is 0.312 e. The van der Waals surface area contributed by atoms with E-state index < -0.39 is 5.41 Å². The van der Waals surface area contributed by atoms with Crippen LogP contribution in [0.15, 0.2) is 0 Å². The third kappa shape index (κ3) is 2.97. The molecular formula is C13H25NO2. The maximum atomic E-state index is 11.7. The topological polar surface area (TPSA) is 52.3 Å². The number of carbonyl (C=O) groups is 1. The van der Waals surface area contributed by atoms with Gasteiger partial charge in [-0.2, -0.15) is 0 Å². The fourth-order valence-corrected chi connectivity index (χ4v) is 2.66. The number of rotatable bonds is 3. The predicted molar refractivity (Wildman–Crippen MR) is 65.0 cm³/mol. The van der Waals surface area contributed by atoms with Crippen molar-refractivity contribution in [3.8, 4) is 0 Å². The first kappa shape index (κ1) is 13.5. The Morgan fingerprint density at radius 1 is 1.25 bits per heavy atom. The Kier molecular flexibility index (Phi) is 4.78. The molecule has 0 saturated heterocycles. The SMILES string of the molecule is COC(=O)C(C)(C)C(N)C1CCCCCC1. The summed E-state index contributed by atoms with van der Waals surface area (Å²) in [6.45, 7) is 3.79. The summed E-state index contributed by atoms with van der Waals surface area (Å²) in [5.74, 6) is 0.279. The fourth-order valence-electron chi connectivity index (χ4n) is 2.66. The molecule has 16 heavy (non-hydrogen) atoms. The Morgan fingerprint density at radius 2 is 1.75 bits per heavy atom. The van der Waals surface area contributed by atoms with Crippen LogP contribution in [0.4, 0.5) is 0 Å². The molecule has 1 rings (SSSR count). The highest BCUT2D eigenvalue weighted by atomic mass is 16.5. The molecule has 0 heterocycles. The van der Waals surface area contributed by atoms with Crippen molar-refractivity contribution in [3.05, 3.63) is 0 Å². The molecule has 1 unspecified atom stereocenters. The van der Waals surface area contributed by atoms with E-state index in [0.29, 0.717) is 5.92 Å². The molecule has 3 nitrogen and oxygen atoms in total. The highest BCUT2D eigenvalue weighted by Gasteiger charge is 2.39. The van der Waals surface area contributed by atoms with Gasteiger partial charge in [-0.25, -0.2) is 0 Å². The van der Waals surface area contributed by atoms with Crippen LogP contribution in [0.2, 0.25) is 0 Å². The lowest BCUT2D eigenvalue weighted by molar-refractivity contribution is -0.152. The second-order valence-corrected chi connectivity index (χ2v) is 5.49. The van der Waals surface area contributed by atoms with Gasteiger partial charge in [0.2, 0.25) is 0 Å². The first-order valence-corrected chi connectivity index (χ1v) is 6.34. The molecule has 0 aliphatic heterocycles. The van der Waals surface area contributed by atoms with Crippen molar-refractivity contribution in [3.63, 3.8) is 0 Å². The van der Waals surface area contributed by atoms with Gasteiger partial charge in [-0.3, -0.25) is 4.79 Å². The summed E-state index contributed by atoms with van der Waals surface area (Å²) in [6.07, 6.45) is 7.41. The number of hydrogen-bond donors (Lipinski definition) is 1. The largest absolute Gasteiger partial charge is 0.469 e.